The zero-order chi connectivity index (χ0) is 18.6. The van der Waals surface area contributed by atoms with Crippen molar-refractivity contribution in [3.63, 3.8) is 0 Å². The Bertz CT molecular complexity index is 979. The van der Waals surface area contributed by atoms with E-state index >= 15 is 0 Å². The van der Waals surface area contributed by atoms with Crippen LogP contribution < -0.4 is 10.2 Å². The van der Waals surface area contributed by atoms with Gasteiger partial charge >= 0.3 is 0 Å². The molecule has 1 aliphatic heterocycles. The normalized spacial score (nSPS) is 15.1. The third-order valence-corrected chi connectivity index (χ3v) is 4.75. The third-order valence-electron chi connectivity index (χ3n) is 4.75. The second kappa shape index (κ2) is 7.90. The smallest absolute Gasteiger partial charge is 0.193 e. The minimum atomic E-state index is -0.0265. The summed E-state index contributed by atoms with van der Waals surface area (Å²) in [6, 6.07) is 9.03. The van der Waals surface area contributed by atoms with E-state index in [1.54, 1.807) is 24.5 Å². The molecule has 3 heterocycles. The molecule has 0 N–H and O–H groups in total. The number of benzene rings is 1. The second-order valence-electron chi connectivity index (χ2n) is 6.68. The number of aromatic nitrogens is 1. The number of pyridine rings is 1. The summed E-state index contributed by atoms with van der Waals surface area (Å²) in [5.41, 5.74) is 2.38. The van der Waals surface area contributed by atoms with Crippen LogP contribution in [0.15, 0.2) is 51.9 Å². The van der Waals surface area contributed by atoms with Gasteiger partial charge in [-0.15, -0.1) is 0 Å². The number of hydrogen-bond donors (Lipinski definition) is 0. The van der Waals surface area contributed by atoms with Gasteiger partial charge in [0.05, 0.1) is 25.1 Å². The molecule has 2 aromatic heterocycles. The first-order chi connectivity index (χ1) is 13.2. The van der Waals surface area contributed by atoms with E-state index in [4.69, 9.17) is 13.9 Å². The molecule has 1 aliphatic rings. The fourth-order valence-corrected chi connectivity index (χ4v) is 3.24. The molecule has 6 heteroatoms. The summed E-state index contributed by atoms with van der Waals surface area (Å²) in [7, 11) is 0. The van der Waals surface area contributed by atoms with Crippen LogP contribution in [0.2, 0.25) is 0 Å². The molecule has 3 aromatic rings. The summed E-state index contributed by atoms with van der Waals surface area (Å²) in [5, 5.41) is 0.576. The number of nitrogens with zero attached hydrogens (tertiary/aromatic N) is 2. The Labute approximate surface area is 157 Å². The van der Waals surface area contributed by atoms with Crippen LogP contribution in [-0.2, 0) is 17.9 Å². The maximum atomic E-state index is 12.5. The zero-order valence-electron chi connectivity index (χ0n) is 15.3. The van der Waals surface area contributed by atoms with Crippen molar-refractivity contribution >= 4 is 11.0 Å². The monoisotopic (exact) mass is 366 g/mol. The number of morpholine rings is 1. The molecule has 0 unspecified atom stereocenters. The number of aryl methyl sites for hydroxylation is 1. The lowest BCUT2D eigenvalue weighted by atomic mass is 10.1. The van der Waals surface area contributed by atoms with E-state index in [0.717, 1.165) is 24.2 Å². The Morgan fingerprint density at radius 1 is 1.22 bits per heavy atom. The van der Waals surface area contributed by atoms with Crippen molar-refractivity contribution in [2.24, 2.45) is 0 Å². The zero-order valence-corrected chi connectivity index (χ0v) is 15.3. The summed E-state index contributed by atoms with van der Waals surface area (Å²) in [5.74, 6) is 1.37. The molecule has 0 amide bonds. The topological polar surface area (TPSA) is 64.8 Å². The Kier molecular flexibility index (Phi) is 5.18. The molecular formula is C21H22N2O4. The summed E-state index contributed by atoms with van der Waals surface area (Å²) < 4.78 is 17.4. The predicted molar refractivity (Wildman–Crippen MR) is 102 cm³/mol. The molecule has 140 valence electrons. The van der Waals surface area contributed by atoms with Gasteiger partial charge in [-0.3, -0.25) is 14.7 Å². The lowest BCUT2D eigenvalue weighted by Crippen LogP contribution is -2.35. The summed E-state index contributed by atoms with van der Waals surface area (Å²) in [6.07, 6.45) is 3.51. The maximum absolute atomic E-state index is 12.5. The summed E-state index contributed by atoms with van der Waals surface area (Å²) in [4.78, 5) is 18.9. The highest BCUT2D eigenvalue weighted by atomic mass is 16.5. The van der Waals surface area contributed by atoms with E-state index in [0.29, 0.717) is 48.8 Å². The molecule has 0 bridgehead atoms. The average molecular weight is 366 g/mol. The van der Waals surface area contributed by atoms with Gasteiger partial charge in [0.15, 0.2) is 5.43 Å². The fraction of sp³-hybridized carbons (Fsp3) is 0.333. The molecule has 0 saturated carbocycles. The van der Waals surface area contributed by atoms with E-state index in [9.17, 15) is 4.79 Å². The van der Waals surface area contributed by atoms with Crippen LogP contribution in [0.1, 0.15) is 16.9 Å². The van der Waals surface area contributed by atoms with Gasteiger partial charge in [0, 0.05) is 42.7 Å². The predicted octanol–water partition coefficient (Wildman–Crippen LogP) is 2.91. The van der Waals surface area contributed by atoms with Gasteiger partial charge in [0.25, 0.3) is 0 Å². The van der Waals surface area contributed by atoms with Crippen LogP contribution in [0, 0.1) is 6.92 Å². The van der Waals surface area contributed by atoms with E-state index in [2.05, 4.69) is 9.88 Å². The Morgan fingerprint density at radius 3 is 2.85 bits per heavy atom. The number of hydrogen-bond acceptors (Lipinski definition) is 6. The molecular weight excluding hydrogens is 344 g/mol. The Hall–Kier alpha value is -2.70. The quantitative estimate of drug-likeness (QED) is 0.692. The average Bonchev–Trinajstić information content (AvgIpc) is 2.70. The minimum Gasteiger partial charge on any atom is -0.488 e. The maximum Gasteiger partial charge on any atom is 0.193 e. The lowest BCUT2D eigenvalue weighted by molar-refractivity contribution is 0.0314. The van der Waals surface area contributed by atoms with E-state index in [1.807, 2.05) is 25.1 Å². The van der Waals surface area contributed by atoms with Crippen molar-refractivity contribution in [3.8, 4) is 5.75 Å². The van der Waals surface area contributed by atoms with E-state index < -0.39 is 0 Å². The number of rotatable bonds is 5. The summed E-state index contributed by atoms with van der Waals surface area (Å²) in [6.45, 7) is 6.05. The van der Waals surface area contributed by atoms with Crippen molar-refractivity contribution < 1.29 is 13.9 Å². The Morgan fingerprint density at radius 2 is 2.07 bits per heavy atom. The number of ether oxygens (including phenoxy) is 2. The van der Waals surface area contributed by atoms with Crippen molar-refractivity contribution in [1.82, 2.24) is 9.88 Å². The van der Waals surface area contributed by atoms with Gasteiger partial charge in [-0.05, 0) is 25.1 Å². The summed E-state index contributed by atoms with van der Waals surface area (Å²) >= 11 is 0. The molecule has 4 rings (SSSR count). The fourth-order valence-electron chi connectivity index (χ4n) is 3.24. The minimum absolute atomic E-state index is 0.0265. The van der Waals surface area contributed by atoms with Crippen LogP contribution in [0.5, 0.6) is 5.75 Å². The highest BCUT2D eigenvalue weighted by molar-refractivity contribution is 5.81. The van der Waals surface area contributed by atoms with Crippen LogP contribution in [0.3, 0.4) is 0 Å². The SMILES string of the molecule is Cc1c(OCc2cccnc2)ccc2c(=O)cc(CN3CCOCC3)oc12. The van der Waals surface area contributed by atoms with Crippen molar-refractivity contribution in [3.05, 3.63) is 69.8 Å². The van der Waals surface area contributed by atoms with Crippen molar-refractivity contribution in [2.45, 2.75) is 20.1 Å². The van der Waals surface area contributed by atoms with Crippen LogP contribution in [0.4, 0.5) is 0 Å². The number of fused-ring (bicyclic) bond motifs is 1. The molecule has 0 atom stereocenters. The van der Waals surface area contributed by atoms with Crippen molar-refractivity contribution in [2.75, 3.05) is 26.3 Å². The Balaban J connectivity index is 1.60. The van der Waals surface area contributed by atoms with Crippen LogP contribution in [0.25, 0.3) is 11.0 Å². The first-order valence-corrected chi connectivity index (χ1v) is 9.09. The molecule has 6 nitrogen and oxygen atoms in total. The first-order valence-electron chi connectivity index (χ1n) is 9.09. The van der Waals surface area contributed by atoms with Crippen LogP contribution in [-0.4, -0.2) is 36.2 Å². The van der Waals surface area contributed by atoms with Gasteiger partial charge in [-0.1, -0.05) is 6.07 Å². The molecule has 1 aromatic carbocycles. The second-order valence-corrected chi connectivity index (χ2v) is 6.68. The highest BCUT2D eigenvalue weighted by Gasteiger charge is 2.15. The van der Waals surface area contributed by atoms with Gasteiger partial charge in [0.2, 0.25) is 0 Å². The van der Waals surface area contributed by atoms with Crippen LogP contribution >= 0.6 is 0 Å². The van der Waals surface area contributed by atoms with Gasteiger partial charge < -0.3 is 13.9 Å². The largest absolute Gasteiger partial charge is 0.488 e. The van der Waals surface area contributed by atoms with E-state index in [-0.39, 0.29) is 5.43 Å². The molecule has 0 spiro atoms. The van der Waals surface area contributed by atoms with Gasteiger partial charge in [0.1, 0.15) is 23.7 Å². The molecule has 1 saturated heterocycles. The highest BCUT2D eigenvalue weighted by Crippen LogP contribution is 2.27. The van der Waals surface area contributed by atoms with E-state index in [1.165, 1.54) is 0 Å². The molecule has 1 fully saturated rings. The van der Waals surface area contributed by atoms with Gasteiger partial charge in [-0.2, -0.15) is 0 Å². The standard InChI is InChI=1S/C21H22N2O4/c1-15-20(26-14-16-3-2-6-22-12-16)5-4-18-19(24)11-17(27-21(15)18)13-23-7-9-25-10-8-23/h2-6,11-12H,7-10,13-14H2,1H3. The molecule has 27 heavy (non-hydrogen) atoms. The van der Waals surface area contributed by atoms with Crippen molar-refractivity contribution in [1.29, 1.82) is 0 Å². The third kappa shape index (κ3) is 4.02. The molecule has 0 radical (unpaired) electrons. The first kappa shape index (κ1) is 17.7. The van der Waals surface area contributed by atoms with Gasteiger partial charge in [-0.25, -0.2) is 0 Å². The lowest BCUT2D eigenvalue weighted by Gasteiger charge is -2.25. The molecule has 0 aliphatic carbocycles.